The summed E-state index contributed by atoms with van der Waals surface area (Å²) in [6.45, 7) is 0.835. The Hall–Kier alpha value is -2.45. The number of carboxylic acids is 1. The highest BCUT2D eigenvalue weighted by Gasteiger charge is 2.14. The first-order valence-electron chi connectivity index (χ1n) is 5.95. The third-order valence-electron chi connectivity index (χ3n) is 2.59. The number of hydrogen-bond donors (Lipinski definition) is 3. The minimum absolute atomic E-state index is 0.0342. The molecule has 1 aromatic carbocycles. The van der Waals surface area contributed by atoms with E-state index in [2.05, 4.69) is 15.6 Å². The van der Waals surface area contributed by atoms with Crippen LogP contribution in [-0.4, -0.2) is 38.5 Å². The van der Waals surface area contributed by atoms with E-state index < -0.39 is 11.9 Å². The van der Waals surface area contributed by atoms with Gasteiger partial charge in [0.15, 0.2) is 5.69 Å². The van der Waals surface area contributed by atoms with Gasteiger partial charge < -0.3 is 16.2 Å². The standard InChI is InChI=1S/C12H12ClN5O3/c13-8-5-7(12(20)21)1-2-9(8)15-11(19)10-6-18(4-3-14)17-16-10/h1-2,5-6H,3-4,14H2,(H,15,19)(H,20,21). The number of carbonyl (C=O) groups excluding carboxylic acids is 1. The molecule has 1 aromatic heterocycles. The molecule has 2 rings (SSSR count). The van der Waals surface area contributed by atoms with Crippen molar-refractivity contribution >= 4 is 29.2 Å². The largest absolute Gasteiger partial charge is 0.478 e. The monoisotopic (exact) mass is 309 g/mol. The van der Waals surface area contributed by atoms with Crippen molar-refractivity contribution in [1.29, 1.82) is 0 Å². The average molecular weight is 310 g/mol. The second-order valence-electron chi connectivity index (χ2n) is 4.11. The van der Waals surface area contributed by atoms with E-state index in [0.717, 1.165) is 0 Å². The Morgan fingerprint density at radius 3 is 2.81 bits per heavy atom. The van der Waals surface area contributed by atoms with E-state index >= 15 is 0 Å². The Morgan fingerprint density at radius 1 is 1.43 bits per heavy atom. The van der Waals surface area contributed by atoms with Crippen molar-refractivity contribution in [3.63, 3.8) is 0 Å². The number of aromatic nitrogens is 3. The summed E-state index contributed by atoms with van der Waals surface area (Å²) < 4.78 is 1.45. The van der Waals surface area contributed by atoms with Crippen molar-refractivity contribution < 1.29 is 14.7 Å². The second-order valence-corrected chi connectivity index (χ2v) is 4.52. The fourth-order valence-electron chi connectivity index (χ4n) is 1.58. The SMILES string of the molecule is NCCn1cc(C(=O)Nc2ccc(C(=O)O)cc2Cl)nn1. The number of nitrogens with zero attached hydrogens (tertiary/aromatic N) is 3. The van der Waals surface area contributed by atoms with Gasteiger partial charge in [0, 0.05) is 6.54 Å². The van der Waals surface area contributed by atoms with Gasteiger partial charge in [-0.25, -0.2) is 4.79 Å². The number of carbonyl (C=O) groups is 2. The number of hydrogen-bond acceptors (Lipinski definition) is 5. The molecule has 1 heterocycles. The normalized spacial score (nSPS) is 10.4. The van der Waals surface area contributed by atoms with Crippen LogP contribution in [0.15, 0.2) is 24.4 Å². The van der Waals surface area contributed by atoms with Crippen molar-refractivity contribution in [2.75, 3.05) is 11.9 Å². The Bertz CT molecular complexity index is 685. The van der Waals surface area contributed by atoms with Gasteiger partial charge in [-0.1, -0.05) is 16.8 Å². The van der Waals surface area contributed by atoms with E-state index in [0.29, 0.717) is 18.8 Å². The number of amides is 1. The van der Waals surface area contributed by atoms with Crippen molar-refractivity contribution in [3.8, 4) is 0 Å². The van der Waals surface area contributed by atoms with Crippen LogP contribution in [0.3, 0.4) is 0 Å². The van der Waals surface area contributed by atoms with Gasteiger partial charge in [0.2, 0.25) is 0 Å². The van der Waals surface area contributed by atoms with Gasteiger partial charge >= 0.3 is 5.97 Å². The summed E-state index contributed by atoms with van der Waals surface area (Å²) in [6, 6.07) is 4.01. The molecule has 2 aromatic rings. The van der Waals surface area contributed by atoms with Crippen LogP contribution in [-0.2, 0) is 6.54 Å². The van der Waals surface area contributed by atoms with Crippen LogP contribution >= 0.6 is 11.6 Å². The molecule has 21 heavy (non-hydrogen) atoms. The molecular formula is C12H12ClN5O3. The Labute approximate surface area is 124 Å². The first kappa shape index (κ1) is 14.9. The number of nitrogens with two attached hydrogens (primary N) is 1. The molecular weight excluding hydrogens is 298 g/mol. The van der Waals surface area contributed by atoms with Crippen LogP contribution < -0.4 is 11.1 Å². The van der Waals surface area contributed by atoms with Gasteiger partial charge in [-0.15, -0.1) is 5.10 Å². The molecule has 110 valence electrons. The first-order valence-corrected chi connectivity index (χ1v) is 6.33. The first-order chi connectivity index (χ1) is 10.0. The van der Waals surface area contributed by atoms with Crippen LogP contribution in [0.2, 0.25) is 5.02 Å². The number of benzene rings is 1. The summed E-state index contributed by atoms with van der Waals surface area (Å²) >= 11 is 5.92. The van der Waals surface area contributed by atoms with Crippen LogP contribution in [0.5, 0.6) is 0 Å². The summed E-state index contributed by atoms with van der Waals surface area (Å²) in [5, 5.41) is 19.0. The number of anilines is 1. The molecule has 0 aliphatic carbocycles. The summed E-state index contributed by atoms with van der Waals surface area (Å²) in [5.41, 5.74) is 5.81. The maximum Gasteiger partial charge on any atom is 0.335 e. The van der Waals surface area contributed by atoms with E-state index in [9.17, 15) is 9.59 Å². The molecule has 0 aliphatic heterocycles. The summed E-state index contributed by atoms with van der Waals surface area (Å²) in [7, 11) is 0. The molecule has 9 heteroatoms. The molecule has 0 saturated heterocycles. The van der Waals surface area contributed by atoms with Crippen molar-refractivity contribution in [1.82, 2.24) is 15.0 Å². The molecule has 0 radical (unpaired) electrons. The molecule has 8 nitrogen and oxygen atoms in total. The Kier molecular flexibility index (Phi) is 4.51. The number of carboxylic acid groups (broad SMARTS) is 1. The lowest BCUT2D eigenvalue weighted by atomic mass is 10.2. The Morgan fingerprint density at radius 2 is 2.19 bits per heavy atom. The molecule has 1 amide bonds. The van der Waals surface area contributed by atoms with Gasteiger partial charge in [0.05, 0.1) is 29.0 Å². The highest BCUT2D eigenvalue weighted by atomic mass is 35.5. The maximum absolute atomic E-state index is 12.0. The van der Waals surface area contributed by atoms with E-state index in [1.54, 1.807) is 0 Å². The third kappa shape index (κ3) is 3.56. The highest BCUT2D eigenvalue weighted by Crippen LogP contribution is 2.23. The number of rotatable bonds is 5. The van der Waals surface area contributed by atoms with E-state index in [1.807, 2.05) is 0 Å². The lowest BCUT2D eigenvalue weighted by molar-refractivity contribution is 0.0696. The zero-order chi connectivity index (χ0) is 15.4. The van der Waals surface area contributed by atoms with E-state index in [-0.39, 0.29) is 16.3 Å². The molecule has 4 N–H and O–H groups in total. The smallest absolute Gasteiger partial charge is 0.335 e. The van der Waals surface area contributed by atoms with Crippen molar-refractivity contribution in [2.24, 2.45) is 5.73 Å². The summed E-state index contributed by atoms with van der Waals surface area (Å²) in [4.78, 5) is 22.8. The maximum atomic E-state index is 12.0. The van der Waals surface area contributed by atoms with E-state index in [1.165, 1.54) is 29.1 Å². The van der Waals surface area contributed by atoms with E-state index in [4.69, 9.17) is 22.4 Å². The fraction of sp³-hybridized carbons (Fsp3) is 0.167. The quantitative estimate of drug-likeness (QED) is 0.752. The molecule has 0 bridgehead atoms. The van der Waals surface area contributed by atoms with Crippen LogP contribution in [0.25, 0.3) is 0 Å². The van der Waals surface area contributed by atoms with Gasteiger partial charge in [-0.3, -0.25) is 9.48 Å². The number of aromatic carboxylic acids is 1. The predicted octanol–water partition coefficient (Wildman–Crippen LogP) is 0.841. The summed E-state index contributed by atoms with van der Waals surface area (Å²) in [6.07, 6.45) is 1.46. The Balaban J connectivity index is 2.13. The molecule has 0 spiro atoms. The molecule has 0 atom stereocenters. The predicted molar refractivity (Wildman–Crippen MR) is 75.4 cm³/mol. The lowest BCUT2D eigenvalue weighted by Crippen LogP contribution is -2.13. The minimum Gasteiger partial charge on any atom is -0.478 e. The topological polar surface area (TPSA) is 123 Å². The third-order valence-corrected chi connectivity index (χ3v) is 2.91. The van der Waals surface area contributed by atoms with Gasteiger partial charge in [0.1, 0.15) is 0 Å². The number of halogens is 1. The molecule has 0 fully saturated rings. The zero-order valence-electron chi connectivity index (χ0n) is 10.8. The molecule has 0 saturated carbocycles. The van der Waals surface area contributed by atoms with Crippen molar-refractivity contribution in [2.45, 2.75) is 6.54 Å². The average Bonchev–Trinajstić information content (AvgIpc) is 2.90. The highest BCUT2D eigenvalue weighted by molar-refractivity contribution is 6.34. The molecule has 0 aliphatic rings. The van der Waals surface area contributed by atoms with Crippen LogP contribution in [0, 0.1) is 0 Å². The van der Waals surface area contributed by atoms with Crippen LogP contribution in [0.4, 0.5) is 5.69 Å². The fourth-order valence-corrected chi connectivity index (χ4v) is 1.81. The minimum atomic E-state index is -1.10. The number of nitrogens with one attached hydrogen (secondary N) is 1. The van der Waals surface area contributed by atoms with Gasteiger partial charge in [-0.05, 0) is 18.2 Å². The van der Waals surface area contributed by atoms with Crippen LogP contribution in [0.1, 0.15) is 20.8 Å². The molecule has 0 unspecified atom stereocenters. The summed E-state index contributed by atoms with van der Waals surface area (Å²) in [5.74, 6) is -1.59. The van der Waals surface area contributed by atoms with Gasteiger partial charge in [0.25, 0.3) is 5.91 Å². The lowest BCUT2D eigenvalue weighted by Gasteiger charge is -2.06. The second kappa shape index (κ2) is 6.33. The zero-order valence-corrected chi connectivity index (χ0v) is 11.5. The van der Waals surface area contributed by atoms with Gasteiger partial charge in [-0.2, -0.15) is 0 Å². The van der Waals surface area contributed by atoms with Crippen molar-refractivity contribution in [3.05, 3.63) is 40.7 Å².